The van der Waals surface area contributed by atoms with Gasteiger partial charge in [-0.2, -0.15) is 0 Å². The minimum Gasteiger partial charge on any atom is -0.334 e. The SMILES string of the molecule is O=C(Nc1cc(F)ccc1F)C(=O)N1CCCCCC1. The summed E-state index contributed by atoms with van der Waals surface area (Å²) in [5.41, 5.74) is -0.321. The number of hydrogen-bond acceptors (Lipinski definition) is 2. The lowest BCUT2D eigenvalue weighted by atomic mass is 10.2. The van der Waals surface area contributed by atoms with Crippen LogP contribution in [-0.4, -0.2) is 29.8 Å². The second-order valence-corrected chi connectivity index (χ2v) is 4.78. The van der Waals surface area contributed by atoms with Crippen LogP contribution < -0.4 is 5.32 Å². The molecule has 1 N–H and O–H groups in total. The van der Waals surface area contributed by atoms with Crippen LogP contribution in [0, 0.1) is 11.6 Å². The smallest absolute Gasteiger partial charge is 0.313 e. The number of rotatable bonds is 1. The average molecular weight is 282 g/mol. The van der Waals surface area contributed by atoms with E-state index in [1.54, 1.807) is 0 Å². The maximum Gasteiger partial charge on any atom is 0.313 e. The van der Waals surface area contributed by atoms with Gasteiger partial charge in [0.1, 0.15) is 11.6 Å². The molecule has 1 aliphatic rings. The molecule has 1 saturated heterocycles. The van der Waals surface area contributed by atoms with Crippen molar-refractivity contribution in [1.29, 1.82) is 0 Å². The predicted octanol–water partition coefficient (Wildman–Crippen LogP) is 2.31. The maximum atomic E-state index is 13.4. The molecular formula is C14H16F2N2O2. The van der Waals surface area contributed by atoms with Crippen molar-refractivity contribution < 1.29 is 18.4 Å². The van der Waals surface area contributed by atoms with E-state index in [1.165, 1.54) is 4.90 Å². The molecule has 1 aromatic carbocycles. The van der Waals surface area contributed by atoms with E-state index >= 15 is 0 Å². The zero-order valence-corrected chi connectivity index (χ0v) is 11.0. The first-order valence-electron chi connectivity index (χ1n) is 6.63. The van der Waals surface area contributed by atoms with Crippen molar-refractivity contribution in [2.24, 2.45) is 0 Å². The zero-order chi connectivity index (χ0) is 14.5. The quantitative estimate of drug-likeness (QED) is 0.804. The van der Waals surface area contributed by atoms with Gasteiger partial charge >= 0.3 is 11.8 Å². The Balaban J connectivity index is 2.03. The fourth-order valence-electron chi connectivity index (χ4n) is 2.19. The molecule has 2 amide bonds. The van der Waals surface area contributed by atoms with Crippen molar-refractivity contribution in [3.05, 3.63) is 29.8 Å². The maximum absolute atomic E-state index is 13.4. The Hall–Kier alpha value is -1.98. The minimum atomic E-state index is -0.934. The summed E-state index contributed by atoms with van der Waals surface area (Å²) in [6, 6.07) is 2.70. The average Bonchev–Trinajstić information content (AvgIpc) is 2.71. The summed E-state index contributed by atoms with van der Waals surface area (Å²) >= 11 is 0. The Morgan fingerprint density at radius 3 is 2.35 bits per heavy atom. The van der Waals surface area contributed by atoms with Crippen LogP contribution in [0.2, 0.25) is 0 Å². The molecule has 1 heterocycles. The molecular weight excluding hydrogens is 266 g/mol. The molecule has 20 heavy (non-hydrogen) atoms. The molecule has 0 unspecified atom stereocenters. The molecule has 0 radical (unpaired) electrons. The van der Waals surface area contributed by atoms with Crippen LogP contribution >= 0.6 is 0 Å². The van der Waals surface area contributed by atoms with Crippen LogP contribution in [0.3, 0.4) is 0 Å². The highest BCUT2D eigenvalue weighted by Gasteiger charge is 2.23. The highest BCUT2D eigenvalue weighted by atomic mass is 19.1. The molecule has 6 heteroatoms. The van der Waals surface area contributed by atoms with E-state index in [1.807, 2.05) is 0 Å². The second-order valence-electron chi connectivity index (χ2n) is 4.78. The second kappa shape index (κ2) is 6.45. The standard InChI is InChI=1S/C14H16F2N2O2/c15-10-5-6-11(16)12(9-10)17-13(19)14(20)18-7-3-1-2-4-8-18/h5-6,9H,1-4,7-8H2,(H,17,19). The molecule has 0 atom stereocenters. The van der Waals surface area contributed by atoms with E-state index in [2.05, 4.69) is 5.32 Å². The van der Waals surface area contributed by atoms with Gasteiger partial charge in [0.25, 0.3) is 0 Å². The van der Waals surface area contributed by atoms with Crippen molar-refractivity contribution in [2.45, 2.75) is 25.7 Å². The van der Waals surface area contributed by atoms with Gasteiger partial charge < -0.3 is 10.2 Å². The van der Waals surface area contributed by atoms with Gasteiger partial charge in [-0.3, -0.25) is 9.59 Å². The summed E-state index contributed by atoms with van der Waals surface area (Å²) in [6.07, 6.45) is 3.77. The van der Waals surface area contributed by atoms with Crippen molar-refractivity contribution in [3.8, 4) is 0 Å². The molecule has 0 spiro atoms. The number of amides is 2. The Morgan fingerprint density at radius 1 is 1.05 bits per heavy atom. The van der Waals surface area contributed by atoms with E-state index < -0.39 is 23.4 Å². The van der Waals surface area contributed by atoms with Gasteiger partial charge in [-0.1, -0.05) is 12.8 Å². The Kier molecular flexibility index (Phi) is 4.65. The van der Waals surface area contributed by atoms with E-state index in [9.17, 15) is 18.4 Å². The highest BCUT2D eigenvalue weighted by Crippen LogP contribution is 2.16. The summed E-state index contributed by atoms with van der Waals surface area (Å²) in [5.74, 6) is -3.08. The van der Waals surface area contributed by atoms with Crippen LogP contribution in [0.1, 0.15) is 25.7 Å². The lowest BCUT2D eigenvalue weighted by Crippen LogP contribution is -2.40. The zero-order valence-electron chi connectivity index (χ0n) is 11.0. The van der Waals surface area contributed by atoms with Crippen LogP contribution in [0.25, 0.3) is 0 Å². The Morgan fingerprint density at radius 2 is 1.70 bits per heavy atom. The number of likely N-dealkylation sites (tertiary alicyclic amines) is 1. The molecule has 0 bridgehead atoms. The van der Waals surface area contributed by atoms with Crippen molar-refractivity contribution in [3.63, 3.8) is 0 Å². The summed E-state index contributed by atoms with van der Waals surface area (Å²) < 4.78 is 26.4. The van der Waals surface area contributed by atoms with Gasteiger partial charge in [-0.05, 0) is 25.0 Å². The van der Waals surface area contributed by atoms with Crippen LogP contribution in [0.15, 0.2) is 18.2 Å². The number of carbonyl (C=O) groups is 2. The topological polar surface area (TPSA) is 49.4 Å². The summed E-state index contributed by atoms with van der Waals surface area (Å²) in [5, 5.41) is 2.12. The normalized spacial score (nSPS) is 15.6. The van der Waals surface area contributed by atoms with Gasteiger partial charge in [0.2, 0.25) is 0 Å². The lowest BCUT2D eigenvalue weighted by Gasteiger charge is -2.19. The third-order valence-corrected chi connectivity index (χ3v) is 3.26. The molecule has 1 aliphatic heterocycles. The third kappa shape index (κ3) is 3.53. The molecule has 1 aromatic rings. The number of benzene rings is 1. The number of anilines is 1. The van der Waals surface area contributed by atoms with E-state index in [0.29, 0.717) is 13.1 Å². The van der Waals surface area contributed by atoms with Gasteiger partial charge in [0.15, 0.2) is 0 Å². The molecule has 108 valence electrons. The predicted molar refractivity (Wildman–Crippen MR) is 70.0 cm³/mol. The Bertz CT molecular complexity index is 512. The Labute approximate surface area is 115 Å². The number of nitrogens with one attached hydrogen (secondary N) is 1. The molecule has 4 nitrogen and oxygen atoms in total. The van der Waals surface area contributed by atoms with E-state index in [4.69, 9.17) is 0 Å². The van der Waals surface area contributed by atoms with Crippen molar-refractivity contribution in [2.75, 3.05) is 18.4 Å². The highest BCUT2D eigenvalue weighted by molar-refractivity contribution is 6.39. The van der Waals surface area contributed by atoms with Crippen LogP contribution in [0.5, 0.6) is 0 Å². The third-order valence-electron chi connectivity index (χ3n) is 3.26. The van der Waals surface area contributed by atoms with E-state index in [-0.39, 0.29) is 5.69 Å². The number of hydrogen-bond donors (Lipinski definition) is 1. The lowest BCUT2D eigenvalue weighted by molar-refractivity contribution is -0.143. The first-order chi connectivity index (χ1) is 9.58. The van der Waals surface area contributed by atoms with Gasteiger partial charge in [-0.15, -0.1) is 0 Å². The molecule has 0 saturated carbocycles. The summed E-state index contributed by atoms with van der Waals surface area (Å²) in [4.78, 5) is 25.2. The van der Waals surface area contributed by atoms with Crippen LogP contribution in [-0.2, 0) is 9.59 Å². The minimum absolute atomic E-state index is 0.321. The number of carbonyl (C=O) groups excluding carboxylic acids is 2. The summed E-state index contributed by atoms with van der Waals surface area (Å²) in [7, 11) is 0. The van der Waals surface area contributed by atoms with Gasteiger partial charge in [0, 0.05) is 19.2 Å². The molecule has 1 fully saturated rings. The number of halogens is 2. The largest absolute Gasteiger partial charge is 0.334 e. The first-order valence-corrected chi connectivity index (χ1v) is 6.63. The fourth-order valence-corrected chi connectivity index (χ4v) is 2.19. The van der Waals surface area contributed by atoms with Gasteiger partial charge in [-0.25, -0.2) is 8.78 Å². The van der Waals surface area contributed by atoms with Crippen LogP contribution in [0.4, 0.5) is 14.5 Å². The van der Waals surface area contributed by atoms with E-state index in [0.717, 1.165) is 43.9 Å². The van der Waals surface area contributed by atoms with Gasteiger partial charge in [0.05, 0.1) is 5.69 Å². The van der Waals surface area contributed by atoms with Crippen molar-refractivity contribution >= 4 is 17.5 Å². The molecule has 2 rings (SSSR count). The first kappa shape index (κ1) is 14.4. The number of nitrogens with zero attached hydrogens (tertiary/aromatic N) is 1. The molecule has 0 aromatic heterocycles. The summed E-state index contributed by atoms with van der Waals surface area (Å²) in [6.45, 7) is 1.05. The van der Waals surface area contributed by atoms with Crippen molar-refractivity contribution in [1.82, 2.24) is 4.90 Å². The molecule has 0 aliphatic carbocycles. The monoisotopic (exact) mass is 282 g/mol. The fraction of sp³-hybridized carbons (Fsp3) is 0.429.